The predicted molar refractivity (Wildman–Crippen MR) is 134 cm³/mol. The Morgan fingerprint density at radius 3 is 1.97 bits per heavy atom. The Labute approximate surface area is 230 Å². The van der Waals surface area contributed by atoms with Crippen LogP contribution in [-0.2, 0) is 10.3 Å². The highest BCUT2D eigenvalue weighted by molar-refractivity contribution is 6.53. The molecule has 0 aliphatic carbocycles. The first-order valence-corrected chi connectivity index (χ1v) is 11.9. The molecule has 5 rings (SSSR count). The molecule has 2 heterocycles. The molecule has 37 heavy (non-hydrogen) atoms. The molecule has 0 saturated heterocycles. The average molecular weight is 566 g/mol. The molecule has 2 unspecified atom stereocenters. The van der Waals surface area contributed by atoms with Crippen molar-refractivity contribution < 1.29 is 14.3 Å². The van der Waals surface area contributed by atoms with Gasteiger partial charge in [0.2, 0.25) is 0 Å². The maximum atomic E-state index is 13.3. The minimum absolute atomic E-state index is 0.0631. The number of hydrogen-bond donors (Lipinski definition) is 0. The van der Waals surface area contributed by atoms with Crippen molar-refractivity contribution in [2.45, 2.75) is 17.6 Å². The van der Waals surface area contributed by atoms with Gasteiger partial charge in [0, 0.05) is 16.7 Å². The standard InChI is InChI=1S/C26H8Cl4N4O3/c1-34-16(10-33)12-3-5-15-18(7-12)36-17-6-11(13(8-31)9-32)2-4-14(17)26(15)20-19(25(35)37-26)21(27)23(29)24(30)22(20)28/h2-7,13,16H. The number of esters is 1. The molecule has 0 saturated carbocycles. The van der Waals surface area contributed by atoms with Gasteiger partial charge in [0.1, 0.15) is 11.5 Å². The van der Waals surface area contributed by atoms with Gasteiger partial charge in [-0.1, -0.05) is 58.5 Å². The lowest BCUT2D eigenvalue weighted by Crippen LogP contribution is -2.33. The molecule has 0 amide bonds. The monoisotopic (exact) mass is 564 g/mol. The molecule has 3 aromatic carbocycles. The lowest BCUT2D eigenvalue weighted by atomic mass is 9.76. The van der Waals surface area contributed by atoms with E-state index in [2.05, 4.69) is 4.85 Å². The number of fused-ring (bicyclic) bond motifs is 6. The van der Waals surface area contributed by atoms with Gasteiger partial charge in [-0.05, 0) is 29.8 Å². The summed E-state index contributed by atoms with van der Waals surface area (Å²) < 4.78 is 12.2. The summed E-state index contributed by atoms with van der Waals surface area (Å²) in [6.07, 6.45) is 0. The van der Waals surface area contributed by atoms with Crippen LogP contribution in [0.3, 0.4) is 0 Å². The van der Waals surface area contributed by atoms with E-state index in [4.69, 9.17) is 62.4 Å². The van der Waals surface area contributed by atoms with E-state index in [9.17, 15) is 20.6 Å². The third-order valence-electron chi connectivity index (χ3n) is 6.22. The van der Waals surface area contributed by atoms with Crippen molar-refractivity contribution in [2.24, 2.45) is 0 Å². The predicted octanol–water partition coefficient (Wildman–Crippen LogP) is 7.48. The van der Waals surface area contributed by atoms with Gasteiger partial charge in [-0.25, -0.2) is 11.4 Å². The van der Waals surface area contributed by atoms with Crippen LogP contribution in [0.25, 0.3) is 4.85 Å². The van der Waals surface area contributed by atoms with Crippen molar-refractivity contribution in [2.75, 3.05) is 0 Å². The molecule has 0 bridgehead atoms. The highest BCUT2D eigenvalue weighted by Gasteiger charge is 2.56. The van der Waals surface area contributed by atoms with Crippen LogP contribution in [0.2, 0.25) is 20.1 Å². The number of halogens is 4. The smallest absolute Gasteiger partial charge is 0.341 e. The number of carbonyl (C=O) groups is 1. The molecule has 7 nitrogen and oxygen atoms in total. The lowest BCUT2D eigenvalue weighted by molar-refractivity contribution is 0.0224. The third kappa shape index (κ3) is 3.34. The zero-order valence-electron chi connectivity index (χ0n) is 18.1. The van der Waals surface area contributed by atoms with Gasteiger partial charge >= 0.3 is 12.0 Å². The van der Waals surface area contributed by atoms with Crippen LogP contribution in [0.1, 0.15) is 50.1 Å². The molecule has 2 atom stereocenters. The van der Waals surface area contributed by atoms with Crippen molar-refractivity contribution in [3.05, 3.63) is 101 Å². The Morgan fingerprint density at radius 1 is 0.838 bits per heavy atom. The summed E-state index contributed by atoms with van der Waals surface area (Å²) in [6, 6.07) is 13.8. The molecular weight excluding hydrogens is 558 g/mol. The van der Waals surface area contributed by atoms with Gasteiger partial charge < -0.3 is 9.47 Å². The second kappa shape index (κ2) is 8.86. The van der Waals surface area contributed by atoms with Crippen molar-refractivity contribution >= 4 is 52.4 Å². The van der Waals surface area contributed by atoms with E-state index in [1.165, 1.54) is 12.1 Å². The van der Waals surface area contributed by atoms with E-state index in [1.807, 2.05) is 18.2 Å². The van der Waals surface area contributed by atoms with Gasteiger partial charge in [-0.2, -0.15) is 15.8 Å². The maximum absolute atomic E-state index is 13.3. The van der Waals surface area contributed by atoms with E-state index in [0.29, 0.717) is 22.3 Å². The zero-order chi connectivity index (χ0) is 26.6. The number of nitriles is 3. The van der Waals surface area contributed by atoms with Crippen LogP contribution >= 0.6 is 46.4 Å². The fraction of sp³-hybridized carbons (Fsp3) is 0.115. The van der Waals surface area contributed by atoms with E-state index in [1.54, 1.807) is 24.3 Å². The highest BCUT2D eigenvalue weighted by atomic mass is 35.5. The molecule has 3 aromatic rings. The summed E-state index contributed by atoms with van der Waals surface area (Å²) in [6.45, 7) is 7.32. The van der Waals surface area contributed by atoms with E-state index < -0.39 is 23.5 Å². The van der Waals surface area contributed by atoms with Crippen LogP contribution in [0.5, 0.6) is 11.5 Å². The largest absolute Gasteiger partial charge is 0.456 e. The van der Waals surface area contributed by atoms with E-state index >= 15 is 0 Å². The normalized spacial score (nSPS) is 17.3. The molecule has 11 heteroatoms. The second-order valence-corrected chi connectivity index (χ2v) is 9.55. The molecule has 2 aliphatic heterocycles. The Bertz CT molecular complexity index is 1620. The summed E-state index contributed by atoms with van der Waals surface area (Å²) in [7, 11) is 0. The van der Waals surface area contributed by atoms with Gasteiger partial charge in [-0.15, -0.1) is 0 Å². The average Bonchev–Trinajstić information content (AvgIpc) is 3.20. The third-order valence-corrected chi connectivity index (χ3v) is 8.02. The quantitative estimate of drug-likeness (QED) is 0.138. The molecule has 0 radical (unpaired) electrons. The van der Waals surface area contributed by atoms with Gasteiger partial charge in [0.25, 0.3) is 0 Å². The number of carbonyl (C=O) groups excluding carboxylic acids is 1. The number of ether oxygens (including phenoxy) is 2. The number of rotatable bonds is 2. The van der Waals surface area contributed by atoms with Crippen LogP contribution in [0.15, 0.2) is 36.4 Å². The van der Waals surface area contributed by atoms with Crippen molar-refractivity contribution in [1.82, 2.24) is 0 Å². The lowest BCUT2D eigenvalue weighted by Gasteiger charge is -2.37. The van der Waals surface area contributed by atoms with Crippen molar-refractivity contribution in [1.29, 1.82) is 15.8 Å². The van der Waals surface area contributed by atoms with Crippen LogP contribution < -0.4 is 4.74 Å². The summed E-state index contributed by atoms with van der Waals surface area (Å²) in [5, 5.41) is 27.8. The molecule has 1 spiro atoms. The highest BCUT2D eigenvalue weighted by Crippen LogP contribution is 2.61. The first-order valence-electron chi connectivity index (χ1n) is 10.3. The van der Waals surface area contributed by atoms with Crippen molar-refractivity contribution in [3.8, 4) is 29.7 Å². The minimum Gasteiger partial charge on any atom is -0.456 e. The fourth-order valence-electron chi connectivity index (χ4n) is 4.57. The molecule has 0 aromatic heterocycles. The van der Waals surface area contributed by atoms with E-state index in [0.717, 1.165) is 0 Å². The number of nitrogens with zero attached hydrogens (tertiary/aromatic N) is 4. The number of hydrogen-bond acceptors (Lipinski definition) is 6. The first kappa shape index (κ1) is 24.7. The van der Waals surface area contributed by atoms with Crippen LogP contribution in [0.4, 0.5) is 0 Å². The second-order valence-electron chi connectivity index (χ2n) is 8.04. The molecule has 178 valence electrons. The zero-order valence-corrected chi connectivity index (χ0v) is 21.2. The van der Waals surface area contributed by atoms with Crippen LogP contribution in [-0.4, -0.2) is 5.97 Å². The maximum Gasteiger partial charge on any atom is 0.341 e. The molecule has 0 N–H and O–H groups in total. The molecular formula is C26H8Cl4N4O3. The van der Waals surface area contributed by atoms with Gasteiger partial charge in [-0.3, -0.25) is 4.85 Å². The summed E-state index contributed by atoms with van der Waals surface area (Å²) in [5.41, 5.74) is -0.274. The SMILES string of the molecule is [C-]#[N+]C(C#N)c1ccc2c(c1)Oc1cc(C(C#N)C#N)ccc1C21OC(=O)c2c(Cl)c(Cl)c(Cl)c(Cl)c21. The summed E-state index contributed by atoms with van der Waals surface area (Å²) in [5.74, 6) is -1.58. The fourth-order valence-corrected chi connectivity index (χ4v) is 5.63. The first-order chi connectivity index (χ1) is 17.7. The molecule has 0 fully saturated rings. The Morgan fingerprint density at radius 2 is 1.41 bits per heavy atom. The van der Waals surface area contributed by atoms with Gasteiger partial charge in [0.05, 0.1) is 43.4 Å². The Kier molecular flexibility index (Phi) is 5.92. The van der Waals surface area contributed by atoms with Crippen molar-refractivity contribution in [3.63, 3.8) is 0 Å². The Balaban J connectivity index is 1.89. The summed E-state index contributed by atoms with van der Waals surface area (Å²) in [4.78, 5) is 16.6. The van der Waals surface area contributed by atoms with E-state index in [-0.39, 0.29) is 42.7 Å². The number of benzene rings is 3. The Hall–Kier alpha value is -3.95. The van der Waals surface area contributed by atoms with Crippen LogP contribution in [0, 0.1) is 40.6 Å². The molecule has 2 aliphatic rings. The topological polar surface area (TPSA) is 111 Å². The van der Waals surface area contributed by atoms with Gasteiger partial charge in [0.15, 0.2) is 17.6 Å². The minimum atomic E-state index is -1.70. The summed E-state index contributed by atoms with van der Waals surface area (Å²) >= 11 is 25.7.